The minimum Gasteiger partial charge on any atom is -0.468 e. The van der Waals surface area contributed by atoms with Gasteiger partial charge in [0.1, 0.15) is 5.54 Å². The molecule has 1 aliphatic rings. The van der Waals surface area contributed by atoms with E-state index in [2.05, 4.69) is 10.2 Å². The SMILES string of the molecule is CCNC(C)(CCCCN1CCC(OC)CC1)C(=O)OC. The standard InChI is InChI=1S/C16H32N2O3/c1-5-17-16(2,15(19)21-4)10-6-7-11-18-12-8-14(20-3)9-13-18/h14,17H,5-13H2,1-4H3. The van der Waals surface area contributed by atoms with E-state index in [1.807, 2.05) is 13.8 Å². The molecule has 21 heavy (non-hydrogen) atoms. The quantitative estimate of drug-likeness (QED) is 0.520. The number of nitrogens with zero attached hydrogens (tertiary/aromatic N) is 1. The van der Waals surface area contributed by atoms with Crippen LogP contribution < -0.4 is 5.32 Å². The zero-order valence-corrected chi connectivity index (χ0v) is 14.1. The molecule has 1 heterocycles. The number of esters is 1. The van der Waals surface area contributed by atoms with Crippen LogP contribution in [0, 0.1) is 0 Å². The Kier molecular flexibility index (Phi) is 8.22. The van der Waals surface area contributed by atoms with Gasteiger partial charge >= 0.3 is 5.97 Å². The zero-order valence-electron chi connectivity index (χ0n) is 14.1. The highest BCUT2D eigenvalue weighted by Gasteiger charge is 2.32. The van der Waals surface area contributed by atoms with Crippen molar-refractivity contribution in [2.45, 2.75) is 57.6 Å². The summed E-state index contributed by atoms with van der Waals surface area (Å²) in [5, 5.41) is 3.26. The van der Waals surface area contributed by atoms with Crippen molar-refractivity contribution in [1.29, 1.82) is 0 Å². The van der Waals surface area contributed by atoms with Crippen LogP contribution in [0.2, 0.25) is 0 Å². The Bertz CT molecular complexity index is 304. The summed E-state index contributed by atoms with van der Waals surface area (Å²) in [6.45, 7) is 8.09. The second-order valence-corrected chi connectivity index (χ2v) is 6.09. The summed E-state index contributed by atoms with van der Waals surface area (Å²) >= 11 is 0. The van der Waals surface area contributed by atoms with Crippen LogP contribution in [0.15, 0.2) is 0 Å². The maximum absolute atomic E-state index is 11.9. The highest BCUT2D eigenvalue weighted by Crippen LogP contribution is 2.17. The summed E-state index contributed by atoms with van der Waals surface area (Å²) in [6.07, 6.45) is 5.68. The van der Waals surface area contributed by atoms with Gasteiger partial charge in [-0.05, 0) is 52.1 Å². The summed E-state index contributed by atoms with van der Waals surface area (Å²) in [7, 11) is 3.26. The Labute approximate surface area is 129 Å². The molecule has 0 amide bonds. The Hall–Kier alpha value is -0.650. The number of methoxy groups -OCH3 is 2. The maximum atomic E-state index is 11.9. The fourth-order valence-electron chi connectivity index (χ4n) is 3.06. The largest absolute Gasteiger partial charge is 0.468 e. The van der Waals surface area contributed by atoms with E-state index in [0.29, 0.717) is 6.10 Å². The van der Waals surface area contributed by atoms with Crippen molar-refractivity contribution in [2.75, 3.05) is 40.4 Å². The summed E-state index contributed by atoms with van der Waals surface area (Å²) in [4.78, 5) is 14.4. The number of piperidine rings is 1. The molecule has 0 bridgehead atoms. The van der Waals surface area contributed by atoms with Crippen molar-refractivity contribution >= 4 is 5.97 Å². The third kappa shape index (κ3) is 5.93. The maximum Gasteiger partial charge on any atom is 0.325 e. The molecular formula is C16H32N2O3. The van der Waals surface area contributed by atoms with Crippen LogP contribution in [-0.4, -0.2) is 62.9 Å². The van der Waals surface area contributed by atoms with Gasteiger partial charge in [-0.15, -0.1) is 0 Å². The highest BCUT2D eigenvalue weighted by molar-refractivity contribution is 5.80. The molecular weight excluding hydrogens is 268 g/mol. The van der Waals surface area contributed by atoms with E-state index in [1.165, 1.54) is 7.11 Å². The summed E-state index contributed by atoms with van der Waals surface area (Å²) in [6, 6.07) is 0. The van der Waals surface area contributed by atoms with E-state index in [9.17, 15) is 4.79 Å². The first kappa shape index (κ1) is 18.4. The second kappa shape index (κ2) is 9.38. The van der Waals surface area contributed by atoms with Crippen molar-refractivity contribution < 1.29 is 14.3 Å². The first-order valence-electron chi connectivity index (χ1n) is 8.14. The van der Waals surface area contributed by atoms with Crippen LogP contribution in [0.25, 0.3) is 0 Å². The number of hydrogen-bond donors (Lipinski definition) is 1. The van der Waals surface area contributed by atoms with Crippen LogP contribution in [0.4, 0.5) is 0 Å². The number of likely N-dealkylation sites (N-methyl/N-ethyl adjacent to an activating group) is 1. The van der Waals surface area contributed by atoms with Crippen LogP contribution >= 0.6 is 0 Å². The molecule has 5 heteroatoms. The van der Waals surface area contributed by atoms with Gasteiger partial charge in [0, 0.05) is 20.2 Å². The molecule has 0 aromatic carbocycles. The topological polar surface area (TPSA) is 50.8 Å². The molecule has 0 aromatic rings. The molecule has 0 radical (unpaired) electrons. The third-order valence-electron chi connectivity index (χ3n) is 4.47. The second-order valence-electron chi connectivity index (χ2n) is 6.09. The molecule has 5 nitrogen and oxygen atoms in total. The van der Waals surface area contributed by atoms with Gasteiger partial charge in [0.2, 0.25) is 0 Å². The van der Waals surface area contributed by atoms with Gasteiger partial charge < -0.3 is 19.7 Å². The van der Waals surface area contributed by atoms with Crippen LogP contribution in [-0.2, 0) is 14.3 Å². The Morgan fingerprint density at radius 2 is 1.95 bits per heavy atom. The summed E-state index contributed by atoms with van der Waals surface area (Å²) in [5.41, 5.74) is -0.549. The third-order valence-corrected chi connectivity index (χ3v) is 4.47. The molecule has 1 fully saturated rings. The Morgan fingerprint density at radius 3 is 2.48 bits per heavy atom. The van der Waals surface area contributed by atoms with Crippen molar-refractivity contribution in [3.05, 3.63) is 0 Å². The monoisotopic (exact) mass is 300 g/mol. The van der Waals surface area contributed by atoms with E-state index >= 15 is 0 Å². The lowest BCUT2D eigenvalue weighted by Crippen LogP contribution is -2.50. The normalized spacial score (nSPS) is 20.2. The predicted molar refractivity (Wildman–Crippen MR) is 84.4 cm³/mol. The summed E-state index contributed by atoms with van der Waals surface area (Å²) in [5.74, 6) is -0.162. The van der Waals surface area contributed by atoms with E-state index in [1.54, 1.807) is 7.11 Å². The van der Waals surface area contributed by atoms with Crippen molar-refractivity contribution in [2.24, 2.45) is 0 Å². The lowest BCUT2D eigenvalue weighted by Gasteiger charge is -2.31. The van der Waals surface area contributed by atoms with Gasteiger partial charge in [-0.3, -0.25) is 4.79 Å². The predicted octanol–water partition coefficient (Wildman–Crippen LogP) is 1.81. The zero-order chi connectivity index (χ0) is 15.7. The van der Waals surface area contributed by atoms with E-state index in [0.717, 1.165) is 58.3 Å². The average molecular weight is 300 g/mol. The number of rotatable bonds is 9. The Morgan fingerprint density at radius 1 is 1.29 bits per heavy atom. The molecule has 1 aliphatic heterocycles. The van der Waals surface area contributed by atoms with Crippen molar-refractivity contribution in [3.63, 3.8) is 0 Å². The molecule has 0 aromatic heterocycles. The minimum atomic E-state index is -0.549. The molecule has 1 unspecified atom stereocenters. The van der Waals surface area contributed by atoms with Gasteiger partial charge in [-0.2, -0.15) is 0 Å². The van der Waals surface area contributed by atoms with E-state index in [-0.39, 0.29) is 5.97 Å². The highest BCUT2D eigenvalue weighted by atomic mass is 16.5. The molecule has 1 saturated heterocycles. The lowest BCUT2D eigenvalue weighted by molar-refractivity contribution is -0.148. The average Bonchev–Trinajstić information content (AvgIpc) is 2.51. The number of hydrogen-bond acceptors (Lipinski definition) is 5. The minimum absolute atomic E-state index is 0.162. The Balaban J connectivity index is 2.24. The molecule has 1 rings (SSSR count). The first-order chi connectivity index (χ1) is 10.1. The number of carbonyl (C=O) groups is 1. The van der Waals surface area contributed by atoms with Gasteiger partial charge in [-0.25, -0.2) is 0 Å². The number of nitrogens with one attached hydrogen (secondary N) is 1. The number of ether oxygens (including phenoxy) is 2. The van der Waals surface area contributed by atoms with Crippen LogP contribution in [0.1, 0.15) is 46.0 Å². The van der Waals surface area contributed by atoms with Gasteiger partial charge in [0.25, 0.3) is 0 Å². The number of unbranched alkanes of at least 4 members (excludes halogenated alkanes) is 1. The van der Waals surface area contributed by atoms with Crippen LogP contribution in [0.5, 0.6) is 0 Å². The fourth-order valence-corrected chi connectivity index (χ4v) is 3.06. The number of likely N-dealkylation sites (tertiary alicyclic amines) is 1. The van der Waals surface area contributed by atoms with Gasteiger partial charge in [0.05, 0.1) is 13.2 Å². The smallest absolute Gasteiger partial charge is 0.325 e. The molecule has 1 N–H and O–H groups in total. The molecule has 0 spiro atoms. The van der Waals surface area contributed by atoms with Crippen molar-refractivity contribution in [3.8, 4) is 0 Å². The molecule has 124 valence electrons. The molecule has 0 aliphatic carbocycles. The molecule has 1 atom stereocenters. The van der Waals surface area contributed by atoms with E-state index < -0.39 is 5.54 Å². The summed E-state index contributed by atoms with van der Waals surface area (Å²) < 4.78 is 10.3. The first-order valence-corrected chi connectivity index (χ1v) is 8.14. The van der Waals surface area contributed by atoms with Gasteiger partial charge in [-0.1, -0.05) is 6.92 Å². The van der Waals surface area contributed by atoms with E-state index in [4.69, 9.17) is 9.47 Å². The van der Waals surface area contributed by atoms with Crippen LogP contribution in [0.3, 0.4) is 0 Å². The van der Waals surface area contributed by atoms with Gasteiger partial charge in [0.15, 0.2) is 0 Å². The van der Waals surface area contributed by atoms with Crippen molar-refractivity contribution in [1.82, 2.24) is 10.2 Å². The number of carbonyl (C=O) groups excluding carboxylic acids is 1. The lowest BCUT2D eigenvalue weighted by atomic mass is 9.94. The molecule has 0 saturated carbocycles. The fraction of sp³-hybridized carbons (Fsp3) is 0.938.